The molecule has 0 spiro atoms. The first-order valence-electron chi connectivity index (χ1n) is 20.4. The van der Waals surface area contributed by atoms with E-state index in [2.05, 4.69) is 34.3 Å². The fourth-order valence-corrected chi connectivity index (χ4v) is 5.04. The number of rotatable bonds is 31. The van der Waals surface area contributed by atoms with Gasteiger partial charge < -0.3 is 19.8 Å². The first-order valence-corrected chi connectivity index (χ1v) is 21.0. The van der Waals surface area contributed by atoms with Crippen LogP contribution in [0.4, 0.5) is 0 Å². The first kappa shape index (κ1) is 58.3. The van der Waals surface area contributed by atoms with Crippen LogP contribution in [0.1, 0.15) is 228 Å². The molecule has 50 heavy (non-hydrogen) atoms. The van der Waals surface area contributed by atoms with Crippen molar-refractivity contribution in [2.45, 2.75) is 234 Å². The van der Waals surface area contributed by atoms with Crippen LogP contribution in [0.3, 0.4) is 0 Å². The molecule has 0 radical (unpaired) electrons. The van der Waals surface area contributed by atoms with Crippen molar-refractivity contribution in [3.63, 3.8) is 0 Å². The third-order valence-corrected chi connectivity index (χ3v) is 7.99. The Morgan fingerprint density at radius 1 is 0.500 bits per heavy atom. The van der Waals surface area contributed by atoms with Gasteiger partial charge in [-0.2, -0.15) is 12.8 Å². The normalized spacial score (nSPS) is 10.2. The monoisotopic (exact) mass is 745 g/mol. The molecule has 0 rings (SSSR count). The number of carboxylic acids is 1. The molecule has 6 nitrogen and oxygen atoms in total. The topological polar surface area (TPSA) is 109 Å². The Balaban J connectivity index is -0.000000204. The van der Waals surface area contributed by atoms with Crippen LogP contribution in [0.15, 0.2) is 12.2 Å². The summed E-state index contributed by atoms with van der Waals surface area (Å²) in [5.74, 6) is 0.823. The Morgan fingerprint density at radius 2 is 0.660 bits per heavy atom. The van der Waals surface area contributed by atoms with Gasteiger partial charge in [0.1, 0.15) is 0 Å². The van der Waals surface area contributed by atoms with Gasteiger partial charge in [0, 0.05) is 11.7 Å². The van der Waals surface area contributed by atoms with E-state index in [-0.39, 0.29) is 11.7 Å². The molecule has 0 aliphatic carbocycles. The molecule has 0 saturated carbocycles. The number of aliphatic hydroxyl groups excluding tert-OH is 1. The van der Waals surface area contributed by atoms with Gasteiger partial charge >= 0.3 is 29.7 Å². The number of carbonyl (C=O) groups excluding carboxylic acids is 2. The molecule has 0 aromatic rings. The van der Waals surface area contributed by atoms with E-state index in [0.29, 0.717) is 12.8 Å². The van der Waals surface area contributed by atoms with E-state index < -0.39 is 5.97 Å². The molecular formula is C43H84O6Ti. The zero-order valence-corrected chi connectivity index (χ0v) is 35.8. The fourth-order valence-electron chi connectivity index (χ4n) is 5.04. The third-order valence-electron chi connectivity index (χ3n) is 7.99. The molecule has 0 aliphatic heterocycles. The molecule has 2 N–H and O–H groups in total. The number of aliphatic carboxylic acids is 1. The van der Waals surface area contributed by atoms with Crippen LogP contribution >= 0.6 is 0 Å². The van der Waals surface area contributed by atoms with Gasteiger partial charge in [0.25, 0.3) is 0 Å². The van der Waals surface area contributed by atoms with Gasteiger partial charge in [-0.15, -0.1) is 0 Å². The van der Waals surface area contributed by atoms with Crippen molar-refractivity contribution >= 4 is 18.5 Å². The summed E-state index contributed by atoms with van der Waals surface area (Å²) >= 11 is 0.750. The van der Waals surface area contributed by atoms with Crippen molar-refractivity contribution < 1.29 is 48.3 Å². The van der Waals surface area contributed by atoms with Crippen LogP contribution in [0.5, 0.6) is 0 Å². The van der Waals surface area contributed by atoms with E-state index in [9.17, 15) is 14.4 Å². The number of aliphatic hydroxyl groups is 1. The van der Waals surface area contributed by atoms with Gasteiger partial charge in [0.05, 0.1) is 0 Å². The second kappa shape index (κ2) is 54.8. The van der Waals surface area contributed by atoms with Gasteiger partial charge in [-0.05, 0) is 32.6 Å². The van der Waals surface area contributed by atoms with Crippen molar-refractivity contribution in [3.05, 3.63) is 12.2 Å². The van der Waals surface area contributed by atoms with Crippen LogP contribution in [0.25, 0.3) is 0 Å². The third kappa shape index (κ3) is 81.2. The minimum absolute atomic E-state index is 0.167. The van der Waals surface area contributed by atoms with Crippen molar-refractivity contribution in [1.29, 1.82) is 0 Å². The molecule has 0 amide bonds. The van der Waals surface area contributed by atoms with Gasteiger partial charge in [-0.3, -0.25) is 12.6 Å². The summed E-state index contributed by atoms with van der Waals surface area (Å²) in [6.45, 7) is 17.3. The van der Waals surface area contributed by atoms with E-state index in [1.165, 1.54) is 161 Å². The molecule has 0 bridgehead atoms. The Morgan fingerprint density at radius 3 is 0.800 bits per heavy atom. The van der Waals surface area contributed by atoms with Crippen molar-refractivity contribution in [2.75, 3.05) is 0 Å². The maximum absolute atomic E-state index is 10.0. The fraction of sp³-hybridized carbons (Fsp3) is 0.884. The molecule has 0 unspecified atom stereocenters. The summed E-state index contributed by atoms with van der Waals surface area (Å²) in [5, 5.41) is 15.9. The second-order valence-corrected chi connectivity index (χ2v) is 14.8. The Labute approximate surface area is 323 Å². The number of carboxylic acid groups (broad SMARTS) is 1. The number of unbranched alkanes of at least 4 members (excludes halogenated alkanes) is 24. The van der Waals surface area contributed by atoms with Crippen molar-refractivity contribution in [1.82, 2.24) is 0 Å². The second-order valence-electron chi connectivity index (χ2n) is 14.8. The molecular weight excluding hydrogens is 660 g/mol. The standard InChI is InChI=1S/2C18H35O.C4H6O2.C3H8O.O.Ti/c2*1-18(2)16-14-12-10-8-6-4-3-5-7-9-11-13-15-17-19;1-3(2)4(5)6;1-3(2)4;;/h2*18H,3-16H2,1-2H3;1H2,2H3,(H,5,6);3-4H,1-2H3;;/q2*-1;;;;+2. The van der Waals surface area contributed by atoms with Crippen LogP contribution in [-0.2, 0) is 38.1 Å². The number of carbonyl (C=O) groups is 1. The van der Waals surface area contributed by atoms with Crippen LogP contribution < -0.4 is 0 Å². The molecule has 0 aromatic carbocycles. The summed E-state index contributed by atoms with van der Waals surface area (Å²) in [7, 11) is 0. The molecule has 0 heterocycles. The van der Waals surface area contributed by atoms with Crippen LogP contribution in [-0.4, -0.2) is 34.9 Å². The average Bonchev–Trinajstić information content (AvgIpc) is 3.06. The molecule has 0 atom stereocenters. The molecule has 7 heteroatoms. The van der Waals surface area contributed by atoms with E-state index in [4.69, 9.17) is 13.5 Å². The summed E-state index contributed by atoms with van der Waals surface area (Å²) in [4.78, 5) is 29.6. The van der Waals surface area contributed by atoms with E-state index in [1.54, 1.807) is 13.8 Å². The molecule has 0 saturated heterocycles. The number of hydrogen-bond acceptors (Lipinski definition) is 5. The first-order chi connectivity index (χ1) is 23.9. The Bertz CT molecular complexity index is 611. The van der Waals surface area contributed by atoms with Crippen molar-refractivity contribution in [2.24, 2.45) is 11.8 Å². The predicted molar refractivity (Wildman–Crippen MR) is 211 cm³/mol. The molecule has 0 aromatic heterocycles. The number of hydrogen-bond donors (Lipinski definition) is 2. The minimum atomic E-state index is -0.935. The van der Waals surface area contributed by atoms with Crippen LogP contribution in [0, 0.1) is 11.8 Å². The zero-order valence-electron chi connectivity index (χ0n) is 34.3. The summed E-state index contributed by atoms with van der Waals surface area (Å²) < 4.78 is 8.25. The Hall–Kier alpha value is -0.976. The summed E-state index contributed by atoms with van der Waals surface area (Å²) in [6.07, 6.45) is 40.4. The average molecular weight is 745 g/mol. The van der Waals surface area contributed by atoms with Crippen LogP contribution in [0.2, 0.25) is 0 Å². The van der Waals surface area contributed by atoms with Gasteiger partial charge in [-0.1, -0.05) is 201 Å². The SMILES string of the molecule is C=C(C)C(=O)O.CC(C)CCCCCCCCCCCCCC[C-]=O.CC(C)CCCCCCCCCCCCCC[C-]=O.CC(C)O.[O]=[Ti+2]. The molecule has 0 fully saturated rings. The quantitative estimate of drug-likeness (QED) is 0.0317. The van der Waals surface area contributed by atoms with Crippen molar-refractivity contribution in [3.8, 4) is 0 Å². The van der Waals surface area contributed by atoms with Gasteiger partial charge in [0.2, 0.25) is 0 Å². The Kier molecular flexibility index (Phi) is 63.9. The predicted octanol–water partition coefficient (Wildman–Crippen LogP) is 13.3. The molecule has 296 valence electrons. The summed E-state index contributed by atoms with van der Waals surface area (Å²) in [5.41, 5.74) is 0.176. The molecule has 0 aliphatic rings. The summed E-state index contributed by atoms with van der Waals surface area (Å²) in [6, 6.07) is 0. The van der Waals surface area contributed by atoms with E-state index >= 15 is 0 Å². The van der Waals surface area contributed by atoms with E-state index in [1.807, 2.05) is 12.6 Å². The maximum atomic E-state index is 10.0. The van der Waals surface area contributed by atoms with E-state index in [0.717, 1.165) is 45.1 Å². The van der Waals surface area contributed by atoms with Gasteiger partial charge in [0.15, 0.2) is 0 Å². The van der Waals surface area contributed by atoms with Gasteiger partial charge in [-0.25, -0.2) is 4.79 Å². The zero-order chi connectivity index (χ0) is 39.1.